The van der Waals surface area contributed by atoms with Crippen LogP contribution in [0.5, 0.6) is 0 Å². The van der Waals surface area contributed by atoms with E-state index in [1.165, 1.54) is 10.5 Å². The number of carbonyl (C=O) groups excluding carboxylic acids is 2. The maximum Gasteiger partial charge on any atom is 0.282 e. The summed E-state index contributed by atoms with van der Waals surface area (Å²) >= 11 is 0. The van der Waals surface area contributed by atoms with Crippen LogP contribution in [-0.2, 0) is 16.0 Å². The van der Waals surface area contributed by atoms with Gasteiger partial charge in [-0.1, -0.05) is 48.5 Å². The molecule has 0 bridgehead atoms. The fourth-order valence-electron chi connectivity index (χ4n) is 4.84. The first kappa shape index (κ1) is 21.0. The number of para-hydroxylation sites is 1. The minimum atomic E-state index is -0.277. The first-order valence-corrected chi connectivity index (χ1v) is 11.5. The van der Waals surface area contributed by atoms with Crippen molar-refractivity contribution in [1.29, 1.82) is 0 Å². The van der Waals surface area contributed by atoms with E-state index in [2.05, 4.69) is 24.8 Å². The molecule has 3 aromatic carbocycles. The second-order valence-electron chi connectivity index (χ2n) is 8.25. The fourth-order valence-corrected chi connectivity index (χ4v) is 4.84. The summed E-state index contributed by atoms with van der Waals surface area (Å²) in [5.74, 6) is -0.549. The largest absolute Gasteiger partial charge is 0.372 e. The predicted octanol–water partition coefficient (Wildman–Crippen LogP) is 4.88. The Bertz CT molecular complexity index is 1230. The molecule has 0 fully saturated rings. The standard InChI is InChI=1S/C28H27N3O2/c1-3-29(4-2)22-14-16-23(17-15-22)31-27(32)25(21-11-6-5-7-12-21)26(28(31)33)30-19-18-20-10-8-9-13-24(20)30/h5-17H,3-4,18-19H2,1-2H3. The lowest BCUT2D eigenvalue weighted by Gasteiger charge is -2.23. The lowest BCUT2D eigenvalue weighted by atomic mass is 10.0. The van der Waals surface area contributed by atoms with Crippen molar-refractivity contribution in [3.05, 3.63) is 95.7 Å². The van der Waals surface area contributed by atoms with Crippen molar-refractivity contribution in [1.82, 2.24) is 0 Å². The Morgan fingerprint density at radius 1 is 0.788 bits per heavy atom. The topological polar surface area (TPSA) is 43.9 Å². The second-order valence-corrected chi connectivity index (χ2v) is 8.25. The molecule has 0 saturated carbocycles. The number of carbonyl (C=O) groups is 2. The van der Waals surface area contributed by atoms with Crippen molar-refractivity contribution >= 4 is 34.4 Å². The van der Waals surface area contributed by atoms with Gasteiger partial charge in [-0.25, -0.2) is 4.90 Å². The number of rotatable bonds is 6. The van der Waals surface area contributed by atoms with Crippen molar-refractivity contribution in [3.63, 3.8) is 0 Å². The van der Waals surface area contributed by atoms with Gasteiger partial charge >= 0.3 is 0 Å². The normalized spacial score (nSPS) is 15.5. The minimum absolute atomic E-state index is 0.272. The number of imide groups is 1. The van der Waals surface area contributed by atoms with Gasteiger partial charge < -0.3 is 9.80 Å². The molecule has 33 heavy (non-hydrogen) atoms. The van der Waals surface area contributed by atoms with Crippen LogP contribution in [0.4, 0.5) is 17.1 Å². The van der Waals surface area contributed by atoms with Crippen LogP contribution in [0, 0.1) is 0 Å². The quantitative estimate of drug-likeness (QED) is 0.516. The van der Waals surface area contributed by atoms with Crippen molar-refractivity contribution in [2.75, 3.05) is 34.3 Å². The molecule has 5 rings (SSSR count). The summed E-state index contributed by atoms with van der Waals surface area (Å²) in [4.78, 5) is 33.1. The van der Waals surface area contributed by atoms with Crippen LogP contribution >= 0.6 is 0 Å². The average Bonchev–Trinajstić information content (AvgIpc) is 3.39. The molecule has 2 aliphatic heterocycles. The lowest BCUT2D eigenvalue weighted by molar-refractivity contribution is -0.120. The zero-order valence-corrected chi connectivity index (χ0v) is 19.0. The van der Waals surface area contributed by atoms with Crippen LogP contribution in [0.15, 0.2) is 84.6 Å². The van der Waals surface area contributed by atoms with Gasteiger partial charge in [-0.2, -0.15) is 0 Å². The summed E-state index contributed by atoms with van der Waals surface area (Å²) in [6, 6.07) is 25.3. The van der Waals surface area contributed by atoms with E-state index >= 15 is 0 Å². The minimum Gasteiger partial charge on any atom is -0.372 e. The molecular formula is C28H27N3O2. The van der Waals surface area contributed by atoms with E-state index in [1.807, 2.05) is 77.7 Å². The van der Waals surface area contributed by atoms with Gasteiger partial charge in [0.2, 0.25) is 0 Å². The summed E-state index contributed by atoms with van der Waals surface area (Å²) in [5.41, 5.74) is 5.55. The first-order valence-electron chi connectivity index (χ1n) is 11.5. The number of benzene rings is 3. The molecule has 2 aliphatic rings. The monoisotopic (exact) mass is 437 g/mol. The molecule has 0 spiro atoms. The molecule has 2 amide bonds. The number of hydrogen-bond donors (Lipinski definition) is 0. The molecule has 0 radical (unpaired) electrons. The van der Waals surface area contributed by atoms with E-state index in [0.29, 0.717) is 23.5 Å². The smallest absolute Gasteiger partial charge is 0.282 e. The van der Waals surface area contributed by atoms with Gasteiger partial charge in [0, 0.05) is 31.0 Å². The number of anilines is 3. The zero-order valence-electron chi connectivity index (χ0n) is 19.0. The van der Waals surface area contributed by atoms with E-state index < -0.39 is 0 Å². The van der Waals surface area contributed by atoms with Crippen molar-refractivity contribution in [3.8, 4) is 0 Å². The third kappa shape index (κ3) is 3.50. The summed E-state index contributed by atoms with van der Waals surface area (Å²) in [7, 11) is 0. The summed E-state index contributed by atoms with van der Waals surface area (Å²) in [6.07, 6.45) is 0.849. The summed E-state index contributed by atoms with van der Waals surface area (Å²) in [6.45, 7) is 6.70. The number of hydrogen-bond acceptors (Lipinski definition) is 4. The van der Waals surface area contributed by atoms with Gasteiger partial charge in [0.05, 0.1) is 11.3 Å². The van der Waals surface area contributed by atoms with Crippen LogP contribution in [-0.4, -0.2) is 31.4 Å². The Kier molecular flexibility index (Phi) is 5.47. The Hall–Kier alpha value is -3.86. The third-order valence-corrected chi connectivity index (χ3v) is 6.52. The van der Waals surface area contributed by atoms with Crippen LogP contribution in [0.25, 0.3) is 5.57 Å². The lowest BCUT2D eigenvalue weighted by Crippen LogP contribution is -2.35. The van der Waals surface area contributed by atoms with Gasteiger partial charge in [0.25, 0.3) is 11.8 Å². The molecule has 5 heteroatoms. The number of fused-ring (bicyclic) bond motifs is 1. The summed E-state index contributed by atoms with van der Waals surface area (Å²) in [5, 5.41) is 0. The maximum atomic E-state index is 13.8. The zero-order chi connectivity index (χ0) is 22.9. The molecule has 3 aromatic rings. The molecule has 0 aromatic heterocycles. The van der Waals surface area contributed by atoms with E-state index in [9.17, 15) is 9.59 Å². The summed E-state index contributed by atoms with van der Waals surface area (Å²) < 4.78 is 0. The van der Waals surface area contributed by atoms with E-state index in [4.69, 9.17) is 0 Å². The molecule has 0 saturated heterocycles. The molecular weight excluding hydrogens is 410 g/mol. The van der Waals surface area contributed by atoms with Crippen LogP contribution in [0.1, 0.15) is 25.0 Å². The van der Waals surface area contributed by atoms with Crippen molar-refractivity contribution in [2.24, 2.45) is 0 Å². The fraction of sp³-hybridized carbons (Fsp3) is 0.214. The number of nitrogens with zero attached hydrogens (tertiary/aromatic N) is 3. The van der Waals surface area contributed by atoms with E-state index in [-0.39, 0.29) is 11.8 Å². The molecule has 0 aliphatic carbocycles. The van der Waals surface area contributed by atoms with Crippen LogP contribution < -0.4 is 14.7 Å². The van der Waals surface area contributed by atoms with Crippen molar-refractivity contribution in [2.45, 2.75) is 20.3 Å². The maximum absolute atomic E-state index is 13.8. The molecule has 0 N–H and O–H groups in total. The molecule has 2 heterocycles. The Morgan fingerprint density at radius 3 is 2.15 bits per heavy atom. The Balaban J connectivity index is 1.59. The molecule has 5 nitrogen and oxygen atoms in total. The van der Waals surface area contributed by atoms with Crippen molar-refractivity contribution < 1.29 is 9.59 Å². The highest BCUT2D eigenvalue weighted by Gasteiger charge is 2.44. The Morgan fingerprint density at radius 2 is 1.45 bits per heavy atom. The molecule has 166 valence electrons. The van der Waals surface area contributed by atoms with E-state index in [0.717, 1.165) is 36.4 Å². The first-order chi connectivity index (χ1) is 16.1. The second kappa shape index (κ2) is 8.58. The van der Waals surface area contributed by atoms with Gasteiger partial charge in [-0.05, 0) is 61.7 Å². The Labute approximate surface area is 194 Å². The van der Waals surface area contributed by atoms with Crippen LogP contribution in [0.3, 0.4) is 0 Å². The third-order valence-electron chi connectivity index (χ3n) is 6.52. The van der Waals surface area contributed by atoms with Gasteiger partial charge in [-0.3, -0.25) is 9.59 Å². The van der Waals surface area contributed by atoms with Gasteiger partial charge in [-0.15, -0.1) is 0 Å². The number of amides is 2. The highest BCUT2D eigenvalue weighted by atomic mass is 16.2. The molecule has 0 atom stereocenters. The predicted molar refractivity (Wildman–Crippen MR) is 133 cm³/mol. The van der Waals surface area contributed by atoms with E-state index in [1.54, 1.807) is 0 Å². The average molecular weight is 438 g/mol. The molecule has 0 unspecified atom stereocenters. The SMILES string of the molecule is CCN(CC)c1ccc(N2C(=O)C(c3ccccc3)=C(N3CCc4ccccc43)C2=O)cc1. The van der Waals surface area contributed by atoms with Gasteiger partial charge in [0.15, 0.2) is 0 Å². The highest BCUT2D eigenvalue weighted by Crippen LogP contribution is 2.40. The van der Waals surface area contributed by atoms with Gasteiger partial charge in [0.1, 0.15) is 5.70 Å². The highest BCUT2D eigenvalue weighted by molar-refractivity contribution is 6.46. The van der Waals surface area contributed by atoms with Crippen LogP contribution in [0.2, 0.25) is 0 Å².